The molecule has 24 heavy (non-hydrogen) atoms. The first-order valence-corrected chi connectivity index (χ1v) is 8.76. The lowest BCUT2D eigenvalue weighted by atomic mass is 9.75. The maximum atomic E-state index is 12.4. The molecule has 4 nitrogen and oxygen atoms in total. The molecule has 0 aliphatic heterocycles. The van der Waals surface area contributed by atoms with E-state index in [1.54, 1.807) is 0 Å². The number of Topliss-reactive ketones (excluding diaryl/α,β-unsaturated/α-hetero) is 1. The van der Waals surface area contributed by atoms with Crippen molar-refractivity contribution in [3.63, 3.8) is 0 Å². The van der Waals surface area contributed by atoms with Gasteiger partial charge < -0.3 is 10.5 Å². The number of hydrogen-bond acceptors (Lipinski definition) is 3. The van der Waals surface area contributed by atoms with E-state index in [0.717, 1.165) is 18.4 Å². The van der Waals surface area contributed by atoms with E-state index in [2.05, 4.69) is 0 Å². The van der Waals surface area contributed by atoms with Crippen molar-refractivity contribution in [2.45, 2.75) is 70.5 Å². The molecule has 1 aliphatic rings. The quantitative estimate of drug-likeness (QED) is 0.868. The molecular formula is C20H29NO3. The van der Waals surface area contributed by atoms with Crippen LogP contribution < -0.4 is 5.73 Å². The molecule has 132 valence electrons. The number of hydrogen-bond donors (Lipinski definition) is 1. The van der Waals surface area contributed by atoms with Gasteiger partial charge in [0.2, 0.25) is 5.91 Å². The molecule has 1 fully saturated rings. The zero-order valence-electron chi connectivity index (χ0n) is 15.0. The molecule has 2 atom stereocenters. The number of amides is 1. The van der Waals surface area contributed by atoms with E-state index in [9.17, 15) is 9.59 Å². The molecule has 1 aromatic carbocycles. The predicted octanol–water partition coefficient (Wildman–Crippen LogP) is 3.42. The van der Waals surface area contributed by atoms with Crippen molar-refractivity contribution >= 4 is 11.7 Å². The van der Waals surface area contributed by atoms with Crippen LogP contribution in [-0.4, -0.2) is 22.9 Å². The van der Waals surface area contributed by atoms with Crippen LogP contribution in [0.3, 0.4) is 0 Å². The summed E-state index contributed by atoms with van der Waals surface area (Å²) in [6, 6.07) is 9.77. The summed E-state index contributed by atoms with van der Waals surface area (Å²) in [5.74, 6) is -0.0373. The Hall–Kier alpha value is -1.68. The number of primary amides is 1. The number of benzene rings is 1. The Labute approximate surface area is 144 Å². The van der Waals surface area contributed by atoms with Crippen LogP contribution in [-0.2, 0) is 20.7 Å². The zero-order chi connectivity index (χ0) is 17.8. The highest BCUT2D eigenvalue weighted by molar-refractivity contribution is 5.84. The number of ketones is 1. The van der Waals surface area contributed by atoms with E-state index in [1.807, 2.05) is 51.1 Å². The normalized spacial score (nSPS) is 24.5. The van der Waals surface area contributed by atoms with E-state index < -0.39 is 17.1 Å². The summed E-state index contributed by atoms with van der Waals surface area (Å²) < 4.78 is 6.07. The number of carbonyl (C=O) groups excluding carboxylic acids is 2. The van der Waals surface area contributed by atoms with Gasteiger partial charge in [0.15, 0.2) is 0 Å². The molecular weight excluding hydrogens is 302 g/mol. The molecule has 0 bridgehead atoms. The molecule has 0 aromatic heterocycles. The minimum atomic E-state index is -0.936. The first kappa shape index (κ1) is 18.7. The van der Waals surface area contributed by atoms with Crippen LogP contribution in [0.5, 0.6) is 0 Å². The molecule has 4 heteroatoms. The summed E-state index contributed by atoms with van der Waals surface area (Å²) in [5.41, 5.74) is 5.33. The summed E-state index contributed by atoms with van der Waals surface area (Å²) in [7, 11) is 0. The molecule has 0 spiro atoms. The van der Waals surface area contributed by atoms with Crippen LogP contribution in [0.25, 0.3) is 0 Å². The van der Waals surface area contributed by atoms with E-state index in [1.165, 1.54) is 0 Å². The number of rotatable bonds is 6. The fourth-order valence-electron chi connectivity index (χ4n) is 3.69. The van der Waals surface area contributed by atoms with Gasteiger partial charge in [-0.1, -0.05) is 30.3 Å². The fourth-order valence-corrected chi connectivity index (χ4v) is 3.69. The minimum absolute atomic E-state index is 0.157. The standard InChI is InChI=1S/C20H29NO3/c1-19(2,3)24-20(18(21)23)11-7-10-16(14-20)13-17(22)12-15-8-5-4-6-9-15/h4-6,8-9,16H,7,10-14H2,1-3H3,(H2,21,23). The van der Waals surface area contributed by atoms with Gasteiger partial charge in [0.1, 0.15) is 11.4 Å². The SMILES string of the molecule is CC(C)(C)OC1(C(N)=O)CCCC(CC(=O)Cc2ccccc2)C1. The molecule has 0 radical (unpaired) electrons. The van der Waals surface area contributed by atoms with Crippen molar-refractivity contribution in [3.05, 3.63) is 35.9 Å². The third kappa shape index (κ3) is 5.17. The Kier molecular flexibility index (Phi) is 5.81. The maximum Gasteiger partial charge on any atom is 0.249 e. The van der Waals surface area contributed by atoms with Gasteiger partial charge >= 0.3 is 0 Å². The van der Waals surface area contributed by atoms with Gasteiger partial charge in [0.05, 0.1) is 5.60 Å². The largest absolute Gasteiger partial charge is 0.367 e. The summed E-state index contributed by atoms with van der Waals surface area (Å²) in [5, 5.41) is 0. The zero-order valence-corrected chi connectivity index (χ0v) is 15.0. The second-order valence-electron chi connectivity index (χ2n) is 7.94. The highest BCUT2D eigenvalue weighted by atomic mass is 16.5. The Morgan fingerprint density at radius 1 is 1.25 bits per heavy atom. The summed E-state index contributed by atoms with van der Waals surface area (Å²) >= 11 is 0. The predicted molar refractivity (Wildman–Crippen MR) is 94.5 cm³/mol. The molecule has 2 N–H and O–H groups in total. The van der Waals surface area contributed by atoms with Gasteiger partial charge in [-0.15, -0.1) is 0 Å². The average Bonchev–Trinajstić information content (AvgIpc) is 2.46. The number of carbonyl (C=O) groups is 2. The summed E-state index contributed by atoms with van der Waals surface area (Å²) in [4.78, 5) is 24.5. The highest BCUT2D eigenvalue weighted by Crippen LogP contribution is 2.39. The molecule has 0 saturated heterocycles. The first-order chi connectivity index (χ1) is 11.2. The van der Waals surface area contributed by atoms with E-state index >= 15 is 0 Å². The summed E-state index contributed by atoms with van der Waals surface area (Å²) in [6.45, 7) is 5.80. The average molecular weight is 331 g/mol. The third-order valence-electron chi connectivity index (χ3n) is 4.52. The lowest BCUT2D eigenvalue weighted by Gasteiger charge is -2.42. The monoisotopic (exact) mass is 331 g/mol. The molecule has 2 unspecified atom stereocenters. The second kappa shape index (κ2) is 7.47. The van der Waals surface area contributed by atoms with Crippen molar-refractivity contribution in [3.8, 4) is 0 Å². The molecule has 0 heterocycles. The Morgan fingerprint density at radius 3 is 2.50 bits per heavy atom. The van der Waals surface area contributed by atoms with Crippen molar-refractivity contribution in [1.29, 1.82) is 0 Å². The lowest BCUT2D eigenvalue weighted by molar-refractivity contribution is -0.176. The van der Waals surface area contributed by atoms with Crippen LogP contribution in [0, 0.1) is 5.92 Å². The first-order valence-electron chi connectivity index (χ1n) is 8.76. The number of nitrogens with two attached hydrogens (primary N) is 1. The van der Waals surface area contributed by atoms with Crippen molar-refractivity contribution in [2.75, 3.05) is 0 Å². The molecule has 1 aliphatic carbocycles. The smallest absolute Gasteiger partial charge is 0.249 e. The molecule has 1 aromatic rings. The van der Waals surface area contributed by atoms with Gasteiger partial charge in [-0.3, -0.25) is 9.59 Å². The Balaban J connectivity index is 2.01. The highest BCUT2D eigenvalue weighted by Gasteiger charge is 2.45. The van der Waals surface area contributed by atoms with E-state index in [-0.39, 0.29) is 11.7 Å². The third-order valence-corrected chi connectivity index (χ3v) is 4.52. The summed E-state index contributed by atoms with van der Waals surface area (Å²) in [6.07, 6.45) is 3.92. The Bertz CT molecular complexity index is 576. The molecule has 2 rings (SSSR count). The van der Waals surface area contributed by atoms with Crippen molar-refractivity contribution in [1.82, 2.24) is 0 Å². The van der Waals surface area contributed by atoms with Crippen LogP contribution in [0.4, 0.5) is 0 Å². The Morgan fingerprint density at radius 2 is 1.92 bits per heavy atom. The second-order valence-corrected chi connectivity index (χ2v) is 7.94. The van der Waals surface area contributed by atoms with Gasteiger partial charge in [-0.05, 0) is 57.9 Å². The maximum absolute atomic E-state index is 12.4. The fraction of sp³-hybridized carbons (Fsp3) is 0.600. The minimum Gasteiger partial charge on any atom is -0.367 e. The van der Waals surface area contributed by atoms with Crippen LogP contribution in [0.2, 0.25) is 0 Å². The number of ether oxygens (including phenoxy) is 1. The van der Waals surface area contributed by atoms with E-state index in [4.69, 9.17) is 10.5 Å². The van der Waals surface area contributed by atoms with Crippen LogP contribution in [0.15, 0.2) is 30.3 Å². The van der Waals surface area contributed by atoms with Gasteiger partial charge in [-0.2, -0.15) is 0 Å². The topological polar surface area (TPSA) is 69.4 Å². The van der Waals surface area contributed by atoms with Crippen molar-refractivity contribution < 1.29 is 14.3 Å². The van der Waals surface area contributed by atoms with Gasteiger partial charge in [0, 0.05) is 12.8 Å². The lowest BCUT2D eigenvalue weighted by Crippen LogP contribution is -2.53. The van der Waals surface area contributed by atoms with Gasteiger partial charge in [-0.25, -0.2) is 0 Å². The van der Waals surface area contributed by atoms with E-state index in [0.29, 0.717) is 25.7 Å². The molecule has 1 saturated carbocycles. The van der Waals surface area contributed by atoms with Gasteiger partial charge in [0.25, 0.3) is 0 Å². The van der Waals surface area contributed by atoms with Crippen LogP contribution >= 0.6 is 0 Å². The van der Waals surface area contributed by atoms with Crippen molar-refractivity contribution in [2.24, 2.45) is 11.7 Å². The van der Waals surface area contributed by atoms with Crippen LogP contribution in [0.1, 0.15) is 58.4 Å². The molecule has 1 amide bonds.